The zero-order chi connectivity index (χ0) is 10.3. The van der Waals surface area contributed by atoms with E-state index in [0.29, 0.717) is 6.04 Å². The molecule has 0 spiro atoms. The molecule has 2 fully saturated rings. The second-order valence-corrected chi connectivity index (χ2v) is 6.59. The van der Waals surface area contributed by atoms with E-state index in [1.54, 1.807) is 0 Å². The molecule has 0 saturated carbocycles. The van der Waals surface area contributed by atoms with Gasteiger partial charge in [-0.05, 0) is 26.3 Å². The summed E-state index contributed by atoms with van der Waals surface area (Å²) in [7, 11) is -3.00. The van der Waals surface area contributed by atoms with Gasteiger partial charge >= 0.3 is 0 Å². The Morgan fingerprint density at radius 1 is 1.36 bits per heavy atom. The van der Waals surface area contributed by atoms with E-state index in [-0.39, 0.29) is 17.5 Å². The van der Waals surface area contributed by atoms with Gasteiger partial charge in [-0.2, -0.15) is 0 Å². The Morgan fingerprint density at radius 2 is 2.07 bits per heavy atom. The Morgan fingerprint density at radius 3 is 2.50 bits per heavy atom. The van der Waals surface area contributed by atoms with Crippen molar-refractivity contribution in [1.82, 2.24) is 4.90 Å². The molecule has 2 heterocycles. The van der Waals surface area contributed by atoms with Crippen LogP contribution in [0.25, 0.3) is 0 Å². The van der Waals surface area contributed by atoms with Crippen LogP contribution in [-0.4, -0.2) is 54.7 Å². The van der Waals surface area contributed by atoms with Crippen molar-refractivity contribution in [3.63, 3.8) is 0 Å². The van der Waals surface area contributed by atoms with Gasteiger partial charge in [0.25, 0.3) is 0 Å². The average Bonchev–Trinajstić information content (AvgIpc) is 2.55. The topological polar surface area (TPSA) is 57.6 Å². The largest absolute Gasteiger partial charge is 0.390 e. The Kier molecular flexibility index (Phi) is 2.57. The van der Waals surface area contributed by atoms with E-state index in [4.69, 9.17) is 0 Å². The first-order valence-electron chi connectivity index (χ1n) is 5.14. The number of rotatable bonds is 1. The lowest BCUT2D eigenvalue weighted by Gasteiger charge is -2.29. The van der Waals surface area contributed by atoms with Crippen LogP contribution in [0.4, 0.5) is 0 Å². The van der Waals surface area contributed by atoms with Gasteiger partial charge < -0.3 is 5.11 Å². The molecule has 0 amide bonds. The molecule has 4 nitrogen and oxygen atoms in total. The summed E-state index contributed by atoms with van der Waals surface area (Å²) >= 11 is 0. The maximum atomic E-state index is 11.3. The van der Waals surface area contributed by atoms with Crippen LogP contribution in [0.2, 0.25) is 0 Å². The second-order valence-electron chi connectivity index (χ2n) is 4.44. The molecule has 0 aliphatic carbocycles. The third-order valence-corrected chi connectivity index (χ3v) is 5.02. The van der Waals surface area contributed by atoms with Crippen LogP contribution < -0.4 is 0 Å². The zero-order valence-corrected chi connectivity index (χ0v) is 9.20. The molecule has 2 saturated heterocycles. The molecule has 0 bridgehead atoms. The molecular formula is C9H17NO3S. The first-order chi connectivity index (χ1) is 6.49. The number of sulfone groups is 1. The summed E-state index contributed by atoms with van der Waals surface area (Å²) in [5.41, 5.74) is 0. The fourth-order valence-electron chi connectivity index (χ4n) is 2.58. The lowest BCUT2D eigenvalue weighted by molar-refractivity contribution is 0.0793. The molecule has 3 atom stereocenters. The van der Waals surface area contributed by atoms with Gasteiger partial charge in [0.05, 0.1) is 23.7 Å². The van der Waals surface area contributed by atoms with Crippen LogP contribution in [0.1, 0.15) is 19.8 Å². The standard InChI is InChI=1S/C9H17NO3S/c1-7-3-2-4-10(7)8-5-14(12,13)6-9(8)11/h7-9,11H,2-6H2,1H3. The number of aliphatic hydroxyl groups excluding tert-OH is 1. The quantitative estimate of drug-likeness (QED) is 0.653. The maximum absolute atomic E-state index is 11.3. The summed E-state index contributed by atoms with van der Waals surface area (Å²) in [5.74, 6) is 0.0827. The number of likely N-dealkylation sites (tertiary alicyclic amines) is 1. The lowest BCUT2D eigenvalue weighted by atomic mass is 10.1. The molecule has 14 heavy (non-hydrogen) atoms. The highest BCUT2D eigenvalue weighted by molar-refractivity contribution is 7.91. The van der Waals surface area contributed by atoms with Gasteiger partial charge in [0.1, 0.15) is 0 Å². The number of hydrogen-bond donors (Lipinski definition) is 1. The Bertz CT molecular complexity index is 314. The second kappa shape index (κ2) is 3.47. The predicted octanol–water partition coefficient (Wildman–Crippen LogP) is -0.371. The van der Waals surface area contributed by atoms with Crippen molar-refractivity contribution in [3.05, 3.63) is 0 Å². The van der Waals surface area contributed by atoms with E-state index in [1.807, 2.05) is 0 Å². The third kappa shape index (κ3) is 1.81. The summed E-state index contributed by atoms with van der Waals surface area (Å²) in [6.07, 6.45) is 1.55. The Balaban J connectivity index is 2.12. The number of nitrogens with zero attached hydrogens (tertiary/aromatic N) is 1. The van der Waals surface area contributed by atoms with Crippen LogP contribution in [0.3, 0.4) is 0 Å². The van der Waals surface area contributed by atoms with E-state index >= 15 is 0 Å². The molecule has 2 rings (SSSR count). The molecule has 0 radical (unpaired) electrons. The molecule has 5 heteroatoms. The van der Waals surface area contributed by atoms with Gasteiger partial charge in [0.2, 0.25) is 0 Å². The molecule has 82 valence electrons. The molecule has 2 aliphatic heterocycles. The first kappa shape index (κ1) is 10.4. The SMILES string of the molecule is CC1CCCN1C1CS(=O)(=O)CC1O. The van der Waals surface area contributed by atoms with Crippen LogP contribution in [0.5, 0.6) is 0 Å². The maximum Gasteiger partial charge on any atom is 0.154 e. The molecule has 0 aromatic heterocycles. The number of hydrogen-bond acceptors (Lipinski definition) is 4. The molecular weight excluding hydrogens is 202 g/mol. The monoisotopic (exact) mass is 219 g/mol. The third-order valence-electron chi connectivity index (χ3n) is 3.32. The summed E-state index contributed by atoms with van der Waals surface area (Å²) < 4.78 is 22.7. The Hall–Kier alpha value is -0.130. The fraction of sp³-hybridized carbons (Fsp3) is 1.00. The van der Waals surface area contributed by atoms with Crippen molar-refractivity contribution in [2.75, 3.05) is 18.1 Å². The molecule has 2 aliphatic rings. The highest BCUT2D eigenvalue weighted by Crippen LogP contribution is 2.26. The minimum Gasteiger partial charge on any atom is -0.390 e. The summed E-state index contributed by atoms with van der Waals surface area (Å²) in [4.78, 5) is 2.15. The van der Waals surface area contributed by atoms with Crippen molar-refractivity contribution in [3.8, 4) is 0 Å². The Labute approximate surface area is 84.8 Å². The van der Waals surface area contributed by atoms with Crippen LogP contribution in [-0.2, 0) is 9.84 Å². The minimum absolute atomic E-state index is 0.0547. The van der Waals surface area contributed by atoms with Crippen molar-refractivity contribution in [1.29, 1.82) is 0 Å². The smallest absolute Gasteiger partial charge is 0.154 e. The van der Waals surface area contributed by atoms with Crippen molar-refractivity contribution >= 4 is 9.84 Å². The van der Waals surface area contributed by atoms with Gasteiger partial charge in [-0.15, -0.1) is 0 Å². The zero-order valence-electron chi connectivity index (χ0n) is 8.39. The average molecular weight is 219 g/mol. The normalized spacial score (nSPS) is 43.1. The summed E-state index contributed by atoms with van der Waals surface area (Å²) in [5, 5.41) is 9.68. The van der Waals surface area contributed by atoms with E-state index in [0.717, 1.165) is 19.4 Å². The molecule has 0 aromatic rings. The highest BCUT2D eigenvalue weighted by Gasteiger charge is 2.42. The lowest BCUT2D eigenvalue weighted by Crippen LogP contribution is -2.44. The van der Waals surface area contributed by atoms with E-state index in [1.165, 1.54) is 0 Å². The first-order valence-corrected chi connectivity index (χ1v) is 6.96. The van der Waals surface area contributed by atoms with E-state index < -0.39 is 15.9 Å². The summed E-state index contributed by atoms with van der Waals surface area (Å²) in [6.45, 7) is 3.03. The van der Waals surface area contributed by atoms with Crippen LogP contribution >= 0.6 is 0 Å². The van der Waals surface area contributed by atoms with Gasteiger partial charge in [0, 0.05) is 6.04 Å². The van der Waals surface area contributed by atoms with Gasteiger partial charge in [-0.1, -0.05) is 0 Å². The van der Waals surface area contributed by atoms with Crippen LogP contribution in [0, 0.1) is 0 Å². The molecule has 1 N–H and O–H groups in total. The van der Waals surface area contributed by atoms with E-state index in [9.17, 15) is 13.5 Å². The van der Waals surface area contributed by atoms with Crippen molar-refractivity contribution in [2.24, 2.45) is 0 Å². The highest BCUT2D eigenvalue weighted by atomic mass is 32.2. The predicted molar refractivity (Wildman–Crippen MR) is 53.9 cm³/mol. The van der Waals surface area contributed by atoms with Gasteiger partial charge in [-0.3, -0.25) is 4.90 Å². The fourth-order valence-corrected chi connectivity index (χ4v) is 4.39. The van der Waals surface area contributed by atoms with Crippen LogP contribution in [0.15, 0.2) is 0 Å². The van der Waals surface area contributed by atoms with Crippen molar-refractivity contribution in [2.45, 2.75) is 38.0 Å². The number of aliphatic hydroxyl groups is 1. The van der Waals surface area contributed by atoms with E-state index in [2.05, 4.69) is 11.8 Å². The van der Waals surface area contributed by atoms with Gasteiger partial charge in [0.15, 0.2) is 9.84 Å². The van der Waals surface area contributed by atoms with Crippen molar-refractivity contribution < 1.29 is 13.5 Å². The molecule has 0 aromatic carbocycles. The summed E-state index contributed by atoms with van der Waals surface area (Å²) in [6, 6.07) is 0.264. The minimum atomic E-state index is -3.00. The van der Waals surface area contributed by atoms with Gasteiger partial charge in [-0.25, -0.2) is 8.42 Å². The molecule has 3 unspecified atom stereocenters.